The van der Waals surface area contributed by atoms with Crippen LogP contribution >= 0.6 is 11.6 Å². The molecule has 0 radical (unpaired) electrons. The van der Waals surface area contributed by atoms with Crippen molar-refractivity contribution in [2.24, 2.45) is 0 Å². The van der Waals surface area contributed by atoms with Crippen molar-refractivity contribution in [3.8, 4) is 0 Å². The van der Waals surface area contributed by atoms with E-state index in [4.69, 9.17) is 16.3 Å². The number of nitro benzene ring substituents is 1. The first-order chi connectivity index (χ1) is 8.06. The minimum Gasteiger partial charge on any atom is -0.383 e. The van der Waals surface area contributed by atoms with Crippen LogP contribution in [0.4, 0.5) is 5.69 Å². The molecule has 0 aliphatic carbocycles. The van der Waals surface area contributed by atoms with Gasteiger partial charge < -0.3 is 4.74 Å². The fourth-order valence-electron chi connectivity index (χ4n) is 1.71. The van der Waals surface area contributed by atoms with Gasteiger partial charge in [-0.05, 0) is 25.3 Å². The Labute approximate surface area is 106 Å². The Balaban J connectivity index is 2.72. The Morgan fingerprint density at radius 2 is 2.24 bits per heavy atom. The molecule has 0 fully saturated rings. The van der Waals surface area contributed by atoms with E-state index in [1.807, 2.05) is 6.07 Å². The van der Waals surface area contributed by atoms with Crippen LogP contribution in [0.3, 0.4) is 0 Å². The van der Waals surface area contributed by atoms with Gasteiger partial charge in [0.1, 0.15) is 0 Å². The first-order valence-electron chi connectivity index (χ1n) is 5.42. The van der Waals surface area contributed by atoms with Crippen molar-refractivity contribution in [3.63, 3.8) is 0 Å². The van der Waals surface area contributed by atoms with Gasteiger partial charge in [0, 0.05) is 18.7 Å². The third-order valence-corrected chi connectivity index (χ3v) is 3.03. The summed E-state index contributed by atoms with van der Waals surface area (Å²) in [7, 11) is 1.61. The van der Waals surface area contributed by atoms with E-state index in [9.17, 15) is 10.1 Å². The average molecular weight is 258 g/mol. The normalized spacial score (nSPS) is 12.4. The van der Waals surface area contributed by atoms with Gasteiger partial charge in [0.05, 0.1) is 16.9 Å². The SMILES string of the molecule is COCC(Cl)CCc1cccc([N+](=O)[O-])c1C. The van der Waals surface area contributed by atoms with Crippen molar-refractivity contribution in [2.75, 3.05) is 13.7 Å². The predicted octanol–water partition coefficient (Wildman–Crippen LogP) is 3.09. The Morgan fingerprint density at radius 1 is 1.53 bits per heavy atom. The number of ether oxygens (including phenoxy) is 1. The van der Waals surface area contributed by atoms with Gasteiger partial charge in [0.15, 0.2) is 0 Å². The number of hydrogen-bond acceptors (Lipinski definition) is 3. The van der Waals surface area contributed by atoms with Crippen LogP contribution in [0.15, 0.2) is 18.2 Å². The fraction of sp³-hybridized carbons (Fsp3) is 0.500. The summed E-state index contributed by atoms with van der Waals surface area (Å²) in [6.45, 7) is 2.27. The van der Waals surface area contributed by atoms with Gasteiger partial charge in [-0.3, -0.25) is 10.1 Å². The lowest BCUT2D eigenvalue weighted by Crippen LogP contribution is -2.09. The zero-order chi connectivity index (χ0) is 12.8. The molecular weight excluding hydrogens is 242 g/mol. The number of aryl methyl sites for hydroxylation is 1. The van der Waals surface area contributed by atoms with Crippen LogP contribution < -0.4 is 0 Å². The van der Waals surface area contributed by atoms with Crippen molar-refractivity contribution >= 4 is 17.3 Å². The molecule has 1 unspecified atom stereocenters. The molecule has 0 aliphatic heterocycles. The van der Waals surface area contributed by atoms with Crippen LogP contribution in [-0.4, -0.2) is 24.0 Å². The molecule has 4 nitrogen and oxygen atoms in total. The number of nitrogens with zero attached hydrogens (tertiary/aromatic N) is 1. The largest absolute Gasteiger partial charge is 0.383 e. The maximum Gasteiger partial charge on any atom is 0.272 e. The first-order valence-corrected chi connectivity index (χ1v) is 5.85. The smallest absolute Gasteiger partial charge is 0.272 e. The second-order valence-electron chi connectivity index (χ2n) is 3.91. The van der Waals surface area contributed by atoms with Gasteiger partial charge in [-0.1, -0.05) is 12.1 Å². The second-order valence-corrected chi connectivity index (χ2v) is 4.53. The summed E-state index contributed by atoms with van der Waals surface area (Å²) in [5.41, 5.74) is 1.86. The Hall–Kier alpha value is -1.13. The van der Waals surface area contributed by atoms with Crippen LogP contribution in [0, 0.1) is 17.0 Å². The van der Waals surface area contributed by atoms with Crippen molar-refractivity contribution < 1.29 is 9.66 Å². The highest BCUT2D eigenvalue weighted by Crippen LogP contribution is 2.22. The van der Waals surface area contributed by atoms with Crippen molar-refractivity contribution in [3.05, 3.63) is 39.4 Å². The minimum absolute atomic E-state index is 0.0568. The van der Waals surface area contributed by atoms with Gasteiger partial charge in [0.25, 0.3) is 5.69 Å². The zero-order valence-electron chi connectivity index (χ0n) is 9.98. The molecule has 5 heteroatoms. The van der Waals surface area contributed by atoms with Crippen LogP contribution in [0.25, 0.3) is 0 Å². The highest BCUT2D eigenvalue weighted by molar-refractivity contribution is 6.20. The van der Waals surface area contributed by atoms with Crippen molar-refractivity contribution in [2.45, 2.75) is 25.1 Å². The first kappa shape index (κ1) is 13.9. The van der Waals surface area contributed by atoms with Gasteiger partial charge >= 0.3 is 0 Å². The lowest BCUT2D eigenvalue weighted by atomic mass is 10.0. The molecule has 1 aromatic rings. The van der Waals surface area contributed by atoms with E-state index in [2.05, 4.69) is 0 Å². The van der Waals surface area contributed by atoms with Crippen molar-refractivity contribution in [1.82, 2.24) is 0 Å². The molecule has 0 saturated heterocycles. The minimum atomic E-state index is -0.355. The highest BCUT2D eigenvalue weighted by Gasteiger charge is 2.14. The number of halogens is 1. The third kappa shape index (κ3) is 3.98. The van der Waals surface area contributed by atoms with Crippen molar-refractivity contribution in [1.29, 1.82) is 0 Å². The zero-order valence-corrected chi connectivity index (χ0v) is 10.7. The molecule has 0 heterocycles. The Morgan fingerprint density at radius 3 is 2.82 bits per heavy atom. The van der Waals surface area contributed by atoms with Crippen LogP contribution in [-0.2, 0) is 11.2 Å². The standard InChI is InChI=1S/C12H16ClNO3/c1-9-10(6-7-11(13)8-17-2)4-3-5-12(9)14(15)16/h3-5,11H,6-8H2,1-2H3. The van der Waals surface area contributed by atoms with Gasteiger partial charge in [-0.2, -0.15) is 0 Å². The summed E-state index contributed by atoms with van der Waals surface area (Å²) in [6.07, 6.45) is 1.47. The molecule has 1 atom stereocenters. The summed E-state index contributed by atoms with van der Waals surface area (Å²) in [5.74, 6) is 0. The van der Waals surface area contributed by atoms with Crippen LogP contribution in [0.5, 0.6) is 0 Å². The van der Waals surface area contributed by atoms with E-state index in [-0.39, 0.29) is 16.0 Å². The summed E-state index contributed by atoms with van der Waals surface area (Å²) >= 11 is 6.03. The number of methoxy groups -OCH3 is 1. The summed E-state index contributed by atoms with van der Waals surface area (Å²) < 4.78 is 4.94. The van der Waals surface area contributed by atoms with E-state index < -0.39 is 0 Å². The molecule has 0 aromatic heterocycles. The van der Waals surface area contributed by atoms with Gasteiger partial charge in [0.2, 0.25) is 0 Å². The van der Waals surface area contributed by atoms with E-state index in [0.29, 0.717) is 6.61 Å². The Bertz CT molecular complexity index is 395. The lowest BCUT2D eigenvalue weighted by Gasteiger charge is -2.09. The predicted molar refractivity (Wildman–Crippen MR) is 67.7 cm³/mol. The summed E-state index contributed by atoms with van der Waals surface area (Å²) in [4.78, 5) is 10.4. The molecule has 0 amide bonds. The van der Waals surface area contributed by atoms with E-state index in [0.717, 1.165) is 24.0 Å². The average Bonchev–Trinajstić information content (AvgIpc) is 2.27. The topological polar surface area (TPSA) is 52.4 Å². The second kappa shape index (κ2) is 6.57. The Kier molecular flexibility index (Phi) is 5.38. The fourth-order valence-corrected chi connectivity index (χ4v) is 1.95. The quantitative estimate of drug-likeness (QED) is 0.447. The molecule has 0 bridgehead atoms. The lowest BCUT2D eigenvalue weighted by molar-refractivity contribution is -0.385. The van der Waals surface area contributed by atoms with Gasteiger partial charge in [-0.15, -0.1) is 11.6 Å². The molecule has 1 aromatic carbocycles. The third-order valence-electron chi connectivity index (χ3n) is 2.69. The molecule has 1 rings (SSSR count). The van der Waals surface area contributed by atoms with Crippen LogP contribution in [0.1, 0.15) is 17.5 Å². The molecule has 0 N–H and O–H groups in total. The van der Waals surface area contributed by atoms with E-state index in [1.54, 1.807) is 20.1 Å². The number of nitro groups is 1. The summed E-state index contributed by atoms with van der Waals surface area (Å²) in [5, 5.41) is 10.7. The molecule has 94 valence electrons. The monoisotopic (exact) mass is 257 g/mol. The molecule has 0 spiro atoms. The molecule has 0 saturated carbocycles. The summed E-state index contributed by atoms with van der Waals surface area (Å²) in [6, 6.07) is 5.13. The number of hydrogen-bond donors (Lipinski definition) is 0. The molecular formula is C12H16ClNO3. The molecule has 17 heavy (non-hydrogen) atoms. The number of rotatable bonds is 6. The maximum atomic E-state index is 10.8. The number of benzene rings is 1. The maximum absolute atomic E-state index is 10.8. The van der Waals surface area contributed by atoms with Gasteiger partial charge in [-0.25, -0.2) is 0 Å². The highest BCUT2D eigenvalue weighted by atomic mass is 35.5. The number of alkyl halides is 1. The van der Waals surface area contributed by atoms with E-state index in [1.165, 1.54) is 6.07 Å². The van der Waals surface area contributed by atoms with E-state index >= 15 is 0 Å². The molecule has 0 aliphatic rings. The van der Waals surface area contributed by atoms with Crippen LogP contribution in [0.2, 0.25) is 0 Å².